The number of benzene rings is 2. The Morgan fingerprint density at radius 1 is 1.03 bits per heavy atom. The molecule has 0 spiro atoms. The molecule has 2 heterocycles. The molecule has 4 rings (SSSR count). The SMILES string of the molecule is Cc1ccc(OCc2nc(CSc3nnnn3-c3ccc(C)c(C)c3)cs2)cc1. The lowest BCUT2D eigenvalue weighted by atomic mass is 10.1. The van der Waals surface area contributed by atoms with E-state index in [-0.39, 0.29) is 0 Å². The highest BCUT2D eigenvalue weighted by Crippen LogP contribution is 2.25. The van der Waals surface area contributed by atoms with Gasteiger partial charge in [0.05, 0.1) is 11.4 Å². The largest absolute Gasteiger partial charge is 0.486 e. The van der Waals surface area contributed by atoms with Gasteiger partial charge in [-0.25, -0.2) is 4.98 Å². The molecule has 0 N–H and O–H groups in total. The average Bonchev–Trinajstić information content (AvgIpc) is 3.37. The zero-order chi connectivity index (χ0) is 20.2. The van der Waals surface area contributed by atoms with Gasteiger partial charge in [0.15, 0.2) is 0 Å². The number of hydrogen-bond donors (Lipinski definition) is 0. The van der Waals surface area contributed by atoms with E-state index in [1.807, 2.05) is 30.3 Å². The molecule has 0 amide bonds. The van der Waals surface area contributed by atoms with Crippen LogP contribution >= 0.6 is 23.1 Å². The second kappa shape index (κ2) is 8.75. The molecule has 2 aromatic heterocycles. The van der Waals surface area contributed by atoms with Crippen molar-refractivity contribution in [2.24, 2.45) is 0 Å². The number of tetrazole rings is 1. The molecule has 0 atom stereocenters. The summed E-state index contributed by atoms with van der Waals surface area (Å²) in [6, 6.07) is 14.3. The first-order valence-electron chi connectivity index (χ1n) is 9.20. The Kier molecular flexibility index (Phi) is 5.92. The van der Waals surface area contributed by atoms with Crippen LogP contribution < -0.4 is 4.74 Å². The number of rotatable bonds is 7. The van der Waals surface area contributed by atoms with Gasteiger partial charge in [-0.2, -0.15) is 4.68 Å². The van der Waals surface area contributed by atoms with Crippen LogP contribution in [0.1, 0.15) is 27.4 Å². The predicted molar refractivity (Wildman–Crippen MR) is 116 cm³/mol. The lowest BCUT2D eigenvalue weighted by Crippen LogP contribution is -2.00. The van der Waals surface area contributed by atoms with Crippen molar-refractivity contribution in [1.29, 1.82) is 0 Å². The van der Waals surface area contributed by atoms with Crippen LogP contribution in [0.25, 0.3) is 5.69 Å². The van der Waals surface area contributed by atoms with Crippen molar-refractivity contribution in [3.05, 3.63) is 75.2 Å². The highest BCUT2D eigenvalue weighted by Gasteiger charge is 2.11. The van der Waals surface area contributed by atoms with Crippen LogP contribution in [0.15, 0.2) is 53.0 Å². The fraction of sp³-hybridized carbons (Fsp3) is 0.238. The highest BCUT2D eigenvalue weighted by molar-refractivity contribution is 7.98. The molecule has 8 heteroatoms. The molecule has 0 aliphatic heterocycles. The van der Waals surface area contributed by atoms with E-state index >= 15 is 0 Å². The van der Waals surface area contributed by atoms with Crippen molar-refractivity contribution in [3.63, 3.8) is 0 Å². The Morgan fingerprint density at radius 2 is 1.86 bits per heavy atom. The van der Waals surface area contributed by atoms with Gasteiger partial charge in [-0.1, -0.05) is 35.5 Å². The molecule has 0 bridgehead atoms. The highest BCUT2D eigenvalue weighted by atomic mass is 32.2. The number of aromatic nitrogens is 5. The van der Waals surface area contributed by atoms with Gasteiger partial charge in [0.2, 0.25) is 5.16 Å². The van der Waals surface area contributed by atoms with Crippen LogP contribution in [0.5, 0.6) is 5.75 Å². The quantitative estimate of drug-likeness (QED) is 0.393. The molecule has 4 aromatic rings. The third-order valence-electron chi connectivity index (χ3n) is 4.51. The summed E-state index contributed by atoms with van der Waals surface area (Å²) in [5.41, 5.74) is 5.64. The molecule has 148 valence electrons. The van der Waals surface area contributed by atoms with Gasteiger partial charge >= 0.3 is 0 Å². The van der Waals surface area contributed by atoms with E-state index in [2.05, 4.69) is 58.8 Å². The Balaban J connectivity index is 1.37. The fourth-order valence-corrected chi connectivity index (χ4v) is 4.28. The van der Waals surface area contributed by atoms with Gasteiger partial charge in [-0.05, 0) is 66.6 Å². The van der Waals surface area contributed by atoms with E-state index in [0.29, 0.717) is 12.4 Å². The second-order valence-electron chi connectivity index (χ2n) is 6.76. The summed E-state index contributed by atoms with van der Waals surface area (Å²) >= 11 is 3.18. The van der Waals surface area contributed by atoms with Gasteiger partial charge in [0, 0.05) is 11.1 Å². The fourth-order valence-electron chi connectivity index (χ4n) is 2.69. The monoisotopic (exact) mass is 423 g/mol. The van der Waals surface area contributed by atoms with E-state index in [0.717, 1.165) is 27.3 Å². The van der Waals surface area contributed by atoms with E-state index in [1.165, 1.54) is 16.7 Å². The molecule has 29 heavy (non-hydrogen) atoms. The Morgan fingerprint density at radius 3 is 2.66 bits per heavy atom. The van der Waals surface area contributed by atoms with Gasteiger partial charge in [-0.15, -0.1) is 16.4 Å². The molecule has 0 saturated carbocycles. The standard InChI is InChI=1S/C21H21N5OS2/c1-14-4-8-19(9-5-14)27-11-20-22-17(12-28-20)13-29-21-23-24-25-26(21)18-7-6-15(2)16(3)10-18/h4-10,12H,11,13H2,1-3H3. The third-order valence-corrected chi connectivity index (χ3v) is 6.33. The van der Waals surface area contributed by atoms with Crippen molar-refractivity contribution >= 4 is 23.1 Å². The molecule has 0 fully saturated rings. The van der Waals surface area contributed by atoms with E-state index in [4.69, 9.17) is 4.74 Å². The number of thiazole rings is 1. The van der Waals surface area contributed by atoms with Crippen molar-refractivity contribution in [3.8, 4) is 11.4 Å². The first-order chi connectivity index (χ1) is 14.1. The summed E-state index contributed by atoms with van der Waals surface area (Å²) in [7, 11) is 0. The maximum Gasteiger partial charge on any atom is 0.214 e. The third kappa shape index (κ3) is 4.83. The minimum Gasteiger partial charge on any atom is -0.486 e. The van der Waals surface area contributed by atoms with E-state index < -0.39 is 0 Å². The summed E-state index contributed by atoms with van der Waals surface area (Å²) < 4.78 is 7.58. The van der Waals surface area contributed by atoms with Crippen molar-refractivity contribution < 1.29 is 4.74 Å². The van der Waals surface area contributed by atoms with Gasteiger partial charge < -0.3 is 4.74 Å². The van der Waals surface area contributed by atoms with Gasteiger partial charge in [-0.3, -0.25) is 0 Å². The van der Waals surface area contributed by atoms with Crippen LogP contribution in [0, 0.1) is 20.8 Å². The summed E-state index contributed by atoms with van der Waals surface area (Å²) in [5.74, 6) is 1.56. The lowest BCUT2D eigenvalue weighted by Gasteiger charge is -2.06. The Hall–Kier alpha value is -2.71. The summed E-state index contributed by atoms with van der Waals surface area (Å²) in [6.07, 6.45) is 0. The molecular formula is C21H21N5OS2. The van der Waals surface area contributed by atoms with Crippen molar-refractivity contribution in [1.82, 2.24) is 25.2 Å². The number of aryl methyl sites for hydroxylation is 3. The van der Waals surface area contributed by atoms with Gasteiger partial charge in [0.25, 0.3) is 0 Å². The van der Waals surface area contributed by atoms with Crippen molar-refractivity contribution in [2.75, 3.05) is 0 Å². The molecular weight excluding hydrogens is 402 g/mol. The molecule has 0 aliphatic carbocycles. The maximum atomic E-state index is 5.81. The first-order valence-corrected chi connectivity index (χ1v) is 11.1. The lowest BCUT2D eigenvalue weighted by molar-refractivity contribution is 0.305. The maximum absolute atomic E-state index is 5.81. The van der Waals surface area contributed by atoms with Crippen LogP contribution in [0.3, 0.4) is 0 Å². The van der Waals surface area contributed by atoms with E-state index in [1.54, 1.807) is 27.8 Å². The van der Waals surface area contributed by atoms with Crippen molar-refractivity contribution in [2.45, 2.75) is 38.3 Å². The molecule has 6 nitrogen and oxygen atoms in total. The number of thioether (sulfide) groups is 1. The second-order valence-corrected chi connectivity index (χ2v) is 8.65. The van der Waals surface area contributed by atoms with Crippen LogP contribution in [0.2, 0.25) is 0 Å². The molecule has 0 radical (unpaired) electrons. The topological polar surface area (TPSA) is 65.7 Å². The van der Waals surface area contributed by atoms with Gasteiger partial charge in [0.1, 0.15) is 17.4 Å². The molecule has 2 aromatic carbocycles. The summed E-state index contributed by atoms with van der Waals surface area (Å²) in [6.45, 7) is 6.71. The molecule has 0 saturated heterocycles. The number of hydrogen-bond acceptors (Lipinski definition) is 7. The molecule has 0 aliphatic rings. The zero-order valence-corrected chi connectivity index (χ0v) is 18.1. The van der Waals surface area contributed by atoms with Crippen LogP contribution in [-0.4, -0.2) is 25.2 Å². The summed E-state index contributed by atoms with van der Waals surface area (Å²) in [4.78, 5) is 4.67. The number of nitrogens with zero attached hydrogens (tertiary/aromatic N) is 5. The minimum absolute atomic E-state index is 0.471. The normalized spacial score (nSPS) is 11.0. The molecule has 0 unspecified atom stereocenters. The average molecular weight is 424 g/mol. The summed E-state index contributed by atoms with van der Waals surface area (Å²) in [5, 5.41) is 15.9. The first kappa shape index (κ1) is 19.6. The Labute approximate surface area is 178 Å². The predicted octanol–water partition coefficient (Wildman–Crippen LogP) is 4.92. The zero-order valence-electron chi connectivity index (χ0n) is 16.5. The smallest absolute Gasteiger partial charge is 0.214 e. The van der Waals surface area contributed by atoms with E-state index in [9.17, 15) is 0 Å². The minimum atomic E-state index is 0.471. The van der Waals surface area contributed by atoms with Crippen LogP contribution in [-0.2, 0) is 12.4 Å². The number of ether oxygens (including phenoxy) is 1. The Bertz CT molecular complexity index is 1100. The van der Waals surface area contributed by atoms with Crippen LogP contribution in [0.4, 0.5) is 0 Å².